The van der Waals surface area contributed by atoms with E-state index in [-0.39, 0.29) is 24.5 Å². The van der Waals surface area contributed by atoms with Gasteiger partial charge >= 0.3 is 0 Å². The predicted octanol–water partition coefficient (Wildman–Crippen LogP) is 4.35. The highest BCUT2D eigenvalue weighted by atomic mass is 32.1. The summed E-state index contributed by atoms with van der Waals surface area (Å²) in [6.45, 7) is 0.445. The third-order valence-electron chi connectivity index (χ3n) is 5.11. The molecule has 1 atom stereocenters. The third-order valence-corrected chi connectivity index (χ3v) is 6.02. The summed E-state index contributed by atoms with van der Waals surface area (Å²) >= 11 is 1.59. The number of carbonyl (C=O) groups excluding carboxylic acids is 1. The first-order valence-electron chi connectivity index (χ1n) is 9.09. The molecule has 2 aliphatic rings. The van der Waals surface area contributed by atoms with Gasteiger partial charge in [-0.25, -0.2) is 8.78 Å². The quantitative estimate of drug-likeness (QED) is 0.736. The number of hydrogen-bond donors (Lipinski definition) is 0. The van der Waals surface area contributed by atoms with Gasteiger partial charge in [-0.15, -0.1) is 11.3 Å². The standard InChI is InChI=1S/C20H20F2N2O2S/c21-15-7-6-14(17(22)9-15)11-24(20(25)13-3-1-4-13)12-16-10-18(23-26-16)19-5-2-8-27-19/h2,5-9,13,16H,1,3-4,10-12H2/t16-/m0/s1. The van der Waals surface area contributed by atoms with Crippen LogP contribution in [0.25, 0.3) is 0 Å². The molecule has 1 amide bonds. The fourth-order valence-electron chi connectivity index (χ4n) is 3.36. The Kier molecular flexibility index (Phi) is 5.20. The van der Waals surface area contributed by atoms with E-state index in [1.807, 2.05) is 17.5 Å². The maximum absolute atomic E-state index is 14.1. The second kappa shape index (κ2) is 7.76. The summed E-state index contributed by atoms with van der Waals surface area (Å²) in [6, 6.07) is 7.41. The summed E-state index contributed by atoms with van der Waals surface area (Å²) in [5, 5.41) is 6.13. The number of halogens is 2. The number of thiophene rings is 1. The van der Waals surface area contributed by atoms with Gasteiger partial charge in [-0.05, 0) is 30.4 Å². The van der Waals surface area contributed by atoms with Gasteiger partial charge in [0.25, 0.3) is 0 Å². The number of carbonyl (C=O) groups is 1. The van der Waals surface area contributed by atoms with Crippen molar-refractivity contribution in [1.29, 1.82) is 0 Å². The summed E-state index contributed by atoms with van der Waals surface area (Å²) in [4.78, 5) is 21.1. The maximum atomic E-state index is 14.1. The Balaban J connectivity index is 1.46. The average molecular weight is 390 g/mol. The lowest BCUT2D eigenvalue weighted by Crippen LogP contribution is -2.42. The van der Waals surface area contributed by atoms with Gasteiger partial charge in [0.05, 0.1) is 11.4 Å². The molecule has 1 aliphatic heterocycles. The highest BCUT2D eigenvalue weighted by Gasteiger charge is 2.33. The van der Waals surface area contributed by atoms with Gasteiger partial charge in [0.1, 0.15) is 17.3 Å². The van der Waals surface area contributed by atoms with Crippen LogP contribution in [0.15, 0.2) is 40.9 Å². The second-order valence-corrected chi connectivity index (χ2v) is 7.98. The van der Waals surface area contributed by atoms with Crippen molar-refractivity contribution in [2.75, 3.05) is 6.54 Å². The van der Waals surface area contributed by atoms with Crippen LogP contribution in [-0.4, -0.2) is 29.2 Å². The van der Waals surface area contributed by atoms with Crippen LogP contribution in [0.1, 0.15) is 36.1 Å². The number of rotatable bonds is 6. The van der Waals surface area contributed by atoms with E-state index < -0.39 is 11.6 Å². The Morgan fingerprint density at radius 2 is 2.15 bits per heavy atom. The van der Waals surface area contributed by atoms with E-state index >= 15 is 0 Å². The van der Waals surface area contributed by atoms with Crippen molar-refractivity contribution in [3.8, 4) is 0 Å². The fraction of sp³-hybridized carbons (Fsp3) is 0.400. The van der Waals surface area contributed by atoms with Crippen LogP contribution in [0.3, 0.4) is 0 Å². The van der Waals surface area contributed by atoms with Crippen LogP contribution >= 0.6 is 11.3 Å². The molecule has 0 radical (unpaired) electrons. The normalized spacial score (nSPS) is 19.3. The monoisotopic (exact) mass is 390 g/mol. The minimum atomic E-state index is -0.635. The van der Waals surface area contributed by atoms with Gasteiger partial charge in [0, 0.05) is 30.5 Å². The lowest BCUT2D eigenvalue weighted by molar-refractivity contribution is -0.140. The number of benzene rings is 1. The van der Waals surface area contributed by atoms with E-state index in [4.69, 9.17) is 4.84 Å². The summed E-state index contributed by atoms with van der Waals surface area (Å²) in [6.07, 6.45) is 3.13. The van der Waals surface area contributed by atoms with E-state index in [0.29, 0.717) is 18.5 Å². The molecule has 4 nitrogen and oxygen atoms in total. The first-order valence-corrected chi connectivity index (χ1v) is 9.97. The minimum Gasteiger partial charge on any atom is -0.390 e. The topological polar surface area (TPSA) is 41.9 Å². The Hall–Kier alpha value is -2.28. The zero-order chi connectivity index (χ0) is 18.8. The highest BCUT2D eigenvalue weighted by molar-refractivity contribution is 7.12. The first kappa shape index (κ1) is 18.1. The Labute approximate surface area is 160 Å². The van der Waals surface area contributed by atoms with E-state index in [2.05, 4.69) is 5.16 Å². The van der Waals surface area contributed by atoms with Crippen LogP contribution < -0.4 is 0 Å². The molecule has 142 valence electrons. The van der Waals surface area contributed by atoms with E-state index in [1.165, 1.54) is 12.1 Å². The van der Waals surface area contributed by atoms with Gasteiger partial charge in [0.15, 0.2) is 6.10 Å². The zero-order valence-corrected chi connectivity index (χ0v) is 15.6. The van der Waals surface area contributed by atoms with Crippen molar-refractivity contribution in [3.05, 3.63) is 57.8 Å². The van der Waals surface area contributed by atoms with Crippen molar-refractivity contribution < 1.29 is 18.4 Å². The van der Waals surface area contributed by atoms with Gasteiger partial charge in [0.2, 0.25) is 5.91 Å². The van der Waals surface area contributed by atoms with E-state index in [9.17, 15) is 13.6 Å². The summed E-state index contributed by atoms with van der Waals surface area (Å²) < 4.78 is 27.3. The van der Waals surface area contributed by atoms with Gasteiger partial charge in [-0.3, -0.25) is 4.79 Å². The fourth-order valence-corrected chi connectivity index (χ4v) is 4.08. The summed E-state index contributed by atoms with van der Waals surface area (Å²) in [7, 11) is 0. The molecular formula is C20H20F2N2O2S. The van der Waals surface area contributed by atoms with Crippen LogP contribution in [0.4, 0.5) is 8.78 Å². The lowest BCUT2D eigenvalue weighted by atomic mass is 9.84. The lowest BCUT2D eigenvalue weighted by Gasteiger charge is -2.32. The molecule has 1 saturated carbocycles. The highest BCUT2D eigenvalue weighted by Crippen LogP contribution is 2.30. The molecule has 0 saturated heterocycles. The summed E-state index contributed by atoms with van der Waals surface area (Å²) in [5.41, 5.74) is 1.18. The van der Waals surface area contributed by atoms with Crippen LogP contribution in [0.2, 0.25) is 0 Å². The van der Waals surface area contributed by atoms with Gasteiger partial charge < -0.3 is 9.74 Å². The molecule has 1 fully saturated rings. The third kappa shape index (κ3) is 4.03. The smallest absolute Gasteiger partial charge is 0.226 e. The number of nitrogens with zero attached hydrogens (tertiary/aromatic N) is 2. The van der Waals surface area contributed by atoms with Crippen molar-refractivity contribution >= 4 is 23.0 Å². The van der Waals surface area contributed by atoms with Crippen molar-refractivity contribution in [2.24, 2.45) is 11.1 Å². The number of amides is 1. The van der Waals surface area contributed by atoms with Crippen LogP contribution in [-0.2, 0) is 16.2 Å². The molecule has 1 aromatic heterocycles. The molecule has 4 rings (SSSR count). The maximum Gasteiger partial charge on any atom is 0.226 e. The minimum absolute atomic E-state index is 0.00685. The molecule has 1 aromatic carbocycles. The van der Waals surface area contributed by atoms with E-state index in [1.54, 1.807) is 16.2 Å². The van der Waals surface area contributed by atoms with Gasteiger partial charge in [-0.1, -0.05) is 23.7 Å². The van der Waals surface area contributed by atoms with Crippen LogP contribution in [0, 0.1) is 17.6 Å². The van der Waals surface area contributed by atoms with Crippen molar-refractivity contribution in [2.45, 2.75) is 38.3 Å². The second-order valence-electron chi connectivity index (χ2n) is 7.03. The molecule has 2 aromatic rings. The van der Waals surface area contributed by atoms with Crippen molar-refractivity contribution in [3.63, 3.8) is 0 Å². The number of oxime groups is 1. The molecule has 0 bridgehead atoms. The largest absolute Gasteiger partial charge is 0.390 e. The molecular weight excluding hydrogens is 370 g/mol. The SMILES string of the molecule is O=C(C1CCC1)N(Cc1ccc(F)cc1F)C[C@@H]1CC(c2cccs2)=NO1. The van der Waals surface area contributed by atoms with E-state index in [0.717, 1.165) is 35.9 Å². The average Bonchev–Trinajstić information content (AvgIpc) is 3.26. The van der Waals surface area contributed by atoms with Crippen LogP contribution in [0.5, 0.6) is 0 Å². The predicted molar refractivity (Wildman–Crippen MR) is 99.5 cm³/mol. The molecule has 2 heterocycles. The van der Waals surface area contributed by atoms with Gasteiger partial charge in [-0.2, -0.15) is 0 Å². The Bertz CT molecular complexity index is 850. The Morgan fingerprint density at radius 1 is 1.30 bits per heavy atom. The molecule has 0 N–H and O–H groups in total. The number of hydrogen-bond acceptors (Lipinski definition) is 4. The zero-order valence-electron chi connectivity index (χ0n) is 14.7. The summed E-state index contributed by atoms with van der Waals surface area (Å²) in [5.74, 6) is -1.25. The molecule has 27 heavy (non-hydrogen) atoms. The molecule has 0 unspecified atom stereocenters. The molecule has 0 spiro atoms. The first-order chi connectivity index (χ1) is 13.1. The molecule has 7 heteroatoms. The van der Waals surface area contributed by atoms with Crippen molar-refractivity contribution in [1.82, 2.24) is 4.90 Å². The Morgan fingerprint density at radius 3 is 2.81 bits per heavy atom. The molecule has 1 aliphatic carbocycles.